The van der Waals surface area contributed by atoms with Crippen LogP contribution in [0.2, 0.25) is 0 Å². The van der Waals surface area contributed by atoms with Crippen LogP contribution in [0.4, 0.5) is 14.6 Å². The summed E-state index contributed by atoms with van der Waals surface area (Å²) < 4.78 is 31.5. The molecule has 3 aromatic heterocycles. The maximum absolute atomic E-state index is 15.8. The lowest BCUT2D eigenvalue weighted by molar-refractivity contribution is -0.144. The highest BCUT2D eigenvalue weighted by atomic mass is 79.9. The number of hydrogen-bond donors (Lipinski definition) is 1. The summed E-state index contributed by atoms with van der Waals surface area (Å²) in [5.74, 6) is -1.48. The van der Waals surface area contributed by atoms with E-state index in [1.807, 2.05) is 0 Å². The number of Topliss-reactive ketones (excluding diaryl/α,β-unsaturated/α-hetero) is 1. The molecule has 0 unspecified atom stereocenters. The number of carbonyl (C=O) groups excluding carboxylic acids is 3. The Balaban J connectivity index is 1.45. The van der Waals surface area contributed by atoms with Crippen molar-refractivity contribution in [2.24, 2.45) is 0 Å². The number of likely N-dealkylation sites (tertiary alicyclic amines) is 1. The summed E-state index contributed by atoms with van der Waals surface area (Å²) in [4.78, 5) is 51.9. The van der Waals surface area contributed by atoms with Gasteiger partial charge in [-0.05, 0) is 52.7 Å². The van der Waals surface area contributed by atoms with Crippen LogP contribution in [0.5, 0.6) is 0 Å². The molecule has 200 valence electrons. The number of carbonyl (C=O) groups is 3. The summed E-state index contributed by atoms with van der Waals surface area (Å²) in [5.41, 5.74) is 1.50. The van der Waals surface area contributed by atoms with Crippen molar-refractivity contribution < 1.29 is 23.2 Å². The minimum absolute atomic E-state index is 0.0323. The van der Waals surface area contributed by atoms with Crippen LogP contribution in [0.15, 0.2) is 53.4 Å². The van der Waals surface area contributed by atoms with Crippen molar-refractivity contribution >= 4 is 50.2 Å². The fourth-order valence-corrected chi connectivity index (χ4v) is 4.84. The number of halogens is 3. The number of benzene rings is 1. The number of hydrogen-bond acceptors (Lipinski definition) is 7. The summed E-state index contributed by atoms with van der Waals surface area (Å²) in [6.45, 7) is 2.58. The standard InChI is InChI=1S/C26H22BrF2N7O3/c1-13(37)23-18-8-15(16-10-30-14(2)31-11-16)6-7-19(18)36(34-23)24(29)26(39)35-12-17(28)9-20(35)25(38)33-22-5-3-4-21(27)32-22/h3-8,10-11,17,20,24H,9,12H2,1-2H3,(H,32,33,38)/t17-,20+,24+/m1/s1. The molecule has 4 aromatic rings. The summed E-state index contributed by atoms with van der Waals surface area (Å²) in [7, 11) is 0. The van der Waals surface area contributed by atoms with Gasteiger partial charge in [-0.2, -0.15) is 5.10 Å². The second-order valence-electron chi connectivity index (χ2n) is 9.11. The first kappa shape index (κ1) is 26.5. The third-order valence-corrected chi connectivity index (χ3v) is 6.82. The minimum atomic E-state index is -2.40. The van der Waals surface area contributed by atoms with Crippen molar-refractivity contribution in [3.8, 4) is 11.1 Å². The van der Waals surface area contributed by atoms with Crippen LogP contribution < -0.4 is 5.32 Å². The smallest absolute Gasteiger partial charge is 0.280 e. The van der Waals surface area contributed by atoms with Crippen molar-refractivity contribution in [1.29, 1.82) is 0 Å². The van der Waals surface area contributed by atoms with Gasteiger partial charge in [-0.1, -0.05) is 12.1 Å². The largest absolute Gasteiger partial charge is 0.323 e. The maximum atomic E-state index is 15.8. The van der Waals surface area contributed by atoms with Crippen molar-refractivity contribution in [2.45, 2.75) is 38.8 Å². The lowest BCUT2D eigenvalue weighted by Gasteiger charge is -2.25. The first-order valence-electron chi connectivity index (χ1n) is 12.0. The second kappa shape index (κ2) is 10.6. The van der Waals surface area contributed by atoms with E-state index in [0.29, 0.717) is 26.9 Å². The Morgan fingerprint density at radius 2 is 1.87 bits per heavy atom. The number of aromatic nitrogens is 5. The molecule has 0 aliphatic carbocycles. The van der Waals surface area contributed by atoms with Crippen LogP contribution in [0.3, 0.4) is 0 Å². The van der Waals surface area contributed by atoms with Crippen molar-refractivity contribution in [3.05, 3.63) is 64.9 Å². The third kappa shape index (κ3) is 5.26. The van der Waals surface area contributed by atoms with Crippen LogP contribution in [0, 0.1) is 6.92 Å². The van der Waals surface area contributed by atoms with E-state index in [1.54, 1.807) is 43.6 Å². The third-order valence-electron chi connectivity index (χ3n) is 6.37. The van der Waals surface area contributed by atoms with Crippen LogP contribution in [-0.2, 0) is 9.59 Å². The van der Waals surface area contributed by atoms with Gasteiger partial charge in [0.15, 0.2) is 5.78 Å². The monoisotopic (exact) mass is 597 g/mol. The molecule has 5 rings (SSSR count). The van der Waals surface area contributed by atoms with E-state index in [0.717, 1.165) is 9.58 Å². The average Bonchev–Trinajstić information content (AvgIpc) is 3.49. The zero-order chi connectivity index (χ0) is 27.8. The molecule has 39 heavy (non-hydrogen) atoms. The van der Waals surface area contributed by atoms with Crippen LogP contribution in [0.25, 0.3) is 22.0 Å². The van der Waals surface area contributed by atoms with Crippen molar-refractivity contribution in [2.75, 3.05) is 11.9 Å². The Morgan fingerprint density at radius 1 is 1.13 bits per heavy atom. The van der Waals surface area contributed by atoms with Crippen molar-refractivity contribution in [3.63, 3.8) is 0 Å². The Morgan fingerprint density at radius 3 is 2.56 bits per heavy atom. The molecule has 1 saturated heterocycles. The Kier molecular flexibility index (Phi) is 7.17. The van der Waals surface area contributed by atoms with E-state index >= 15 is 4.39 Å². The first-order chi connectivity index (χ1) is 18.6. The fraction of sp³-hybridized carbons (Fsp3) is 0.269. The van der Waals surface area contributed by atoms with Gasteiger partial charge in [-0.15, -0.1) is 0 Å². The molecule has 0 bridgehead atoms. The molecule has 1 N–H and O–H groups in total. The van der Waals surface area contributed by atoms with E-state index in [4.69, 9.17) is 0 Å². The van der Waals surface area contributed by atoms with Gasteiger partial charge in [0.25, 0.3) is 12.2 Å². The highest BCUT2D eigenvalue weighted by Crippen LogP contribution is 2.31. The van der Waals surface area contributed by atoms with Gasteiger partial charge in [-0.3, -0.25) is 14.4 Å². The molecule has 10 nitrogen and oxygen atoms in total. The highest BCUT2D eigenvalue weighted by molar-refractivity contribution is 9.10. The second-order valence-corrected chi connectivity index (χ2v) is 9.92. The van der Waals surface area contributed by atoms with Crippen LogP contribution in [-0.4, -0.2) is 66.0 Å². The number of alkyl halides is 2. The molecule has 0 saturated carbocycles. The first-order valence-corrected chi connectivity index (χ1v) is 12.8. The molecule has 2 amide bonds. The molecule has 1 aromatic carbocycles. The summed E-state index contributed by atoms with van der Waals surface area (Å²) >= 11 is 3.20. The Hall–Kier alpha value is -4.13. The number of aryl methyl sites for hydroxylation is 1. The fourth-order valence-electron chi connectivity index (χ4n) is 4.50. The van der Waals surface area contributed by atoms with E-state index in [2.05, 4.69) is 41.3 Å². The molecular formula is C26H22BrF2N7O3. The zero-order valence-corrected chi connectivity index (χ0v) is 22.4. The van der Waals surface area contributed by atoms with Crippen molar-refractivity contribution in [1.82, 2.24) is 29.6 Å². The number of rotatable bonds is 6. The summed E-state index contributed by atoms with van der Waals surface area (Å²) in [5, 5.41) is 6.97. The van der Waals surface area contributed by atoms with Gasteiger partial charge in [0.1, 0.15) is 34.2 Å². The molecule has 4 heterocycles. The minimum Gasteiger partial charge on any atom is -0.323 e. The van der Waals surface area contributed by atoms with Crippen LogP contribution in [0.1, 0.15) is 36.0 Å². The predicted octanol–water partition coefficient (Wildman–Crippen LogP) is 4.21. The van der Waals surface area contributed by atoms with E-state index in [1.165, 1.54) is 19.1 Å². The van der Waals surface area contributed by atoms with Gasteiger partial charge in [0.2, 0.25) is 5.91 Å². The predicted molar refractivity (Wildman–Crippen MR) is 141 cm³/mol. The van der Waals surface area contributed by atoms with Gasteiger partial charge >= 0.3 is 0 Å². The molecule has 13 heteroatoms. The van der Waals surface area contributed by atoms with Gasteiger partial charge < -0.3 is 10.2 Å². The number of amides is 2. The van der Waals surface area contributed by atoms with Crippen LogP contribution >= 0.6 is 15.9 Å². The number of fused-ring (bicyclic) bond motifs is 1. The van der Waals surface area contributed by atoms with E-state index < -0.39 is 42.7 Å². The number of pyridine rings is 1. The molecule has 3 atom stereocenters. The molecule has 1 aliphatic heterocycles. The molecule has 0 radical (unpaired) electrons. The number of nitrogens with zero attached hydrogens (tertiary/aromatic N) is 6. The van der Waals surface area contributed by atoms with E-state index in [9.17, 15) is 18.8 Å². The van der Waals surface area contributed by atoms with Gasteiger partial charge in [0, 0.05) is 36.7 Å². The normalized spacial score (nSPS) is 17.8. The summed E-state index contributed by atoms with van der Waals surface area (Å²) in [6.07, 6.45) is -0.969. The number of anilines is 1. The summed E-state index contributed by atoms with van der Waals surface area (Å²) in [6, 6.07) is 8.44. The molecular weight excluding hydrogens is 576 g/mol. The molecule has 1 aliphatic rings. The molecule has 1 fully saturated rings. The maximum Gasteiger partial charge on any atom is 0.280 e. The lowest BCUT2D eigenvalue weighted by atomic mass is 10.0. The highest BCUT2D eigenvalue weighted by Gasteiger charge is 2.43. The Labute approximate surface area is 229 Å². The number of ketones is 1. The SMILES string of the molecule is CC(=O)c1nn([C@H](F)C(=O)N2C[C@H](F)C[C@H]2C(=O)Nc2cccc(Br)n2)c2ccc(-c3cnc(C)nc3)cc12. The number of nitrogens with one attached hydrogen (secondary N) is 1. The topological polar surface area (TPSA) is 123 Å². The van der Waals surface area contributed by atoms with Gasteiger partial charge in [-0.25, -0.2) is 28.4 Å². The Bertz CT molecular complexity index is 1590. The lowest BCUT2D eigenvalue weighted by Crippen LogP contribution is -2.45. The average molecular weight is 598 g/mol. The van der Waals surface area contributed by atoms with Gasteiger partial charge in [0.05, 0.1) is 12.1 Å². The zero-order valence-electron chi connectivity index (χ0n) is 20.8. The quantitative estimate of drug-likeness (QED) is 0.261. The molecule has 0 spiro atoms. The van der Waals surface area contributed by atoms with E-state index in [-0.39, 0.29) is 23.4 Å².